The van der Waals surface area contributed by atoms with E-state index in [2.05, 4.69) is 10.3 Å². The summed E-state index contributed by atoms with van der Waals surface area (Å²) in [7, 11) is 0. The largest absolute Gasteiger partial charge is 0.370 e. The fraction of sp³-hybridized carbons (Fsp3) is 0.214. The van der Waals surface area contributed by atoms with Gasteiger partial charge in [-0.1, -0.05) is 12.1 Å². The van der Waals surface area contributed by atoms with Gasteiger partial charge in [-0.2, -0.15) is 0 Å². The molecule has 0 spiro atoms. The highest BCUT2D eigenvalue weighted by Crippen LogP contribution is 2.19. The summed E-state index contributed by atoms with van der Waals surface area (Å²) in [6.07, 6.45) is 2.15. The number of nitrogens with zero attached hydrogens (tertiary/aromatic N) is 2. The van der Waals surface area contributed by atoms with Crippen molar-refractivity contribution in [1.29, 1.82) is 0 Å². The van der Waals surface area contributed by atoms with Crippen LogP contribution < -0.4 is 5.32 Å². The van der Waals surface area contributed by atoms with Crippen molar-refractivity contribution < 1.29 is 9.31 Å². The Kier molecular flexibility index (Phi) is 4.24. The van der Waals surface area contributed by atoms with Gasteiger partial charge in [-0.05, 0) is 31.0 Å². The number of aryl methyl sites for hydroxylation is 1. The van der Waals surface area contributed by atoms with Crippen LogP contribution in [-0.2, 0) is 6.42 Å². The average Bonchev–Trinajstić information content (AvgIpc) is 2.42. The first-order valence-corrected chi connectivity index (χ1v) is 6.15. The summed E-state index contributed by atoms with van der Waals surface area (Å²) in [5, 5.41) is 13.8. The standard InChI is InChI=1S/C14H14FN3O2/c1-10-9-17-14(8-13(10)18(19)20)16-7-6-11-2-4-12(15)5-3-11/h2-5,8-9H,6-7H2,1H3,(H,16,17). The van der Waals surface area contributed by atoms with Gasteiger partial charge in [0.25, 0.3) is 5.69 Å². The number of rotatable bonds is 5. The van der Waals surface area contributed by atoms with Gasteiger partial charge in [0.2, 0.25) is 0 Å². The van der Waals surface area contributed by atoms with Gasteiger partial charge in [0.15, 0.2) is 0 Å². The summed E-state index contributed by atoms with van der Waals surface area (Å²) in [5.74, 6) is 0.196. The molecule has 0 fully saturated rings. The lowest BCUT2D eigenvalue weighted by atomic mass is 10.1. The van der Waals surface area contributed by atoms with Gasteiger partial charge in [-0.15, -0.1) is 0 Å². The van der Waals surface area contributed by atoms with E-state index >= 15 is 0 Å². The Morgan fingerprint density at radius 1 is 1.35 bits per heavy atom. The predicted molar refractivity (Wildman–Crippen MR) is 74.2 cm³/mol. The second-order valence-electron chi connectivity index (χ2n) is 4.42. The van der Waals surface area contributed by atoms with Crippen LogP contribution in [0.4, 0.5) is 15.9 Å². The van der Waals surface area contributed by atoms with Gasteiger partial charge >= 0.3 is 0 Å². The van der Waals surface area contributed by atoms with Crippen LogP contribution in [0.25, 0.3) is 0 Å². The molecule has 104 valence electrons. The van der Waals surface area contributed by atoms with Gasteiger partial charge in [0, 0.05) is 18.3 Å². The minimum Gasteiger partial charge on any atom is -0.370 e. The number of benzene rings is 1. The van der Waals surface area contributed by atoms with E-state index in [1.807, 2.05) is 0 Å². The molecular weight excluding hydrogens is 261 g/mol. The zero-order chi connectivity index (χ0) is 14.5. The van der Waals surface area contributed by atoms with Crippen LogP contribution in [-0.4, -0.2) is 16.5 Å². The molecule has 2 rings (SSSR count). The third-order valence-electron chi connectivity index (χ3n) is 2.90. The van der Waals surface area contributed by atoms with Gasteiger partial charge in [-0.3, -0.25) is 10.1 Å². The van der Waals surface area contributed by atoms with Crippen LogP contribution in [0.5, 0.6) is 0 Å². The summed E-state index contributed by atoms with van der Waals surface area (Å²) in [5.41, 5.74) is 1.56. The molecule has 0 atom stereocenters. The Morgan fingerprint density at radius 3 is 2.70 bits per heavy atom. The summed E-state index contributed by atoms with van der Waals surface area (Å²) < 4.78 is 12.7. The molecule has 1 heterocycles. The molecule has 1 aromatic carbocycles. The van der Waals surface area contributed by atoms with Crippen molar-refractivity contribution in [2.24, 2.45) is 0 Å². The van der Waals surface area contributed by atoms with Crippen molar-refractivity contribution in [1.82, 2.24) is 4.98 Å². The Bertz CT molecular complexity index is 614. The zero-order valence-electron chi connectivity index (χ0n) is 11.0. The van der Waals surface area contributed by atoms with Crippen LogP contribution in [0.2, 0.25) is 0 Å². The third kappa shape index (κ3) is 3.50. The van der Waals surface area contributed by atoms with Gasteiger partial charge in [0.1, 0.15) is 11.6 Å². The lowest BCUT2D eigenvalue weighted by Gasteiger charge is -2.06. The molecule has 0 aliphatic heterocycles. The van der Waals surface area contributed by atoms with Crippen molar-refractivity contribution in [2.75, 3.05) is 11.9 Å². The maximum absolute atomic E-state index is 12.7. The van der Waals surface area contributed by atoms with E-state index in [1.54, 1.807) is 19.1 Å². The molecular formula is C14H14FN3O2. The molecule has 0 aliphatic rings. The fourth-order valence-corrected chi connectivity index (χ4v) is 1.79. The van der Waals surface area contributed by atoms with E-state index in [0.717, 1.165) is 5.56 Å². The Hall–Kier alpha value is -2.50. The molecule has 5 nitrogen and oxygen atoms in total. The molecule has 0 radical (unpaired) electrons. The van der Waals surface area contributed by atoms with E-state index in [1.165, 1.54) is 24.4 Å². The predicted octanol–water partition coefficient (Wildman–Crippen LogP) is 3.09. The molecule has 0 amide bonds. The molecule has 6 heteroatoms. The van der Waals surface area contributed by atoms with Crippen LogP contribution in [0.15, 0.2) is 36.5 Å². The Balaban J connectivity index is 1.96. The third-order valence-corrected chi connectivity index (χ3v) is 2.90. The Morgan fingerprint density at radius 2 is 2.05 bits per heavy atom. The van der Waals surface area contributed by atoms with E-state index in [-0.39, 0.29) is 11.5 Å². The maximum Gasteiger partial charge on any atom is 0.277 e. The van der Waals surface area contributed by atoms with Crippen LogP contribution in [0.3, 0.4) is 0 Å². The normalized spacial score (nSPS) is 10.3. The fourth-order valence-electron chi connectivity index (χ4n) is 1.79. The highest BCUT2D eigenvalue weighted by molar-refractivity contribution is 5.48. The molecule has 0 bridgehead atoms. The number of nitro groups is 1. The quantitative estimate of drug-likeness (QED) is 0.672. The van der Waals surface area contributed by atoms with Gasteiger partial charge < -0.3 is 5.32 Å². The second-order valence-corrected chi connectivity index (χ2v) is 4.42. The number of aromatic nitrogens is 1. The van der Waals surface area contributed by atoms with E-state index in [0.29, 0.717) is 24.3 Å². The minimum atomic E-state index is -0.428. The Labute approximate surface area is 115 Å². The molecule has 20 heavy (non-hydrogen) atoms. The van der Waals surface area contributed by atoms with Crippen molar-refractivity contribution in [3.8, 4) is 0 Å². The molecule has 1 N–H and O–H groups in total. The molecule has 0 saturated heterocycles. The van der Waals surface area contributed by atoms with Crippen LogP contribution in [0.1, 0.15) is 11.1 Å². The number of hydrogen-bond acceptors (Lipinski definition) is 4. The van der Waals surface area contributed by atoms with Gasteiger partial charge in [0.05, 0.1) is 11.0 Å². The highest BCUT2D eigenvalue weighted by atomic mass is 19.1. The number of nitrogens with one attached hydrogen (secondary N) is 1. The minimum absolute atomic E-state index is 0.0456. The first kappa shape index (κ1) is 13.9. The molecule has 0 saturated carbocycles. The summed E-state index contributed by atoms with van der Waals surface area (Å²) in [4.78, 5) is 14.5. The molecule has 0 aliphatic carbocycles. The van der Waals surface area contributed by atoms with Gasteiger partial charge in [-0.25, -0.2) is 9.37 Å². The van der Waals surface area contributed by atoms with Crippen LogP contribution >= 0.6 is 0 Å². The second kappa shape index (κ2) is 6.10. The highest BCUT2D eigenvalue weighted by Gasteiger charge is 2.11. The first-order chi connectivity index (χ1) is 9.56. The lowest BCUT2D eigenvalue weighted by Crippen LogP contribution is -2.07. The average molecular weight is 275 g/mol. The number of anilines is 1. The SMILES string of the molecule is Cc1cnc(NCCc2ccc(F)cc2)cc1[N+](=O)[O-]. The number of pyridine rings is 1. The van der Waals surface area contributed by atoms with Crippen LogP contribution in [0, 0.1) is 22.9 Å². The molecule has 2 aromatic rings. The molecule has 1 aromatic heterocycles. The smallest absolute Gasteiger partial charge is 0.277 e. The van der Waals surface area contributed by atoms with Crippen molar-refractivity contribution in [3.05, 3.63) is 63.6 Å². The summed E-state index contributed by atoms with van der Waals surface area (Å²) in [6.45, 7) is 2.21. The zero-order valence-corrected chi connectivity index (χ0v) is 11.0. The monoisotopic (exact) mass is 275 g/mol. The number of halogens is 1. The van der Waals surface area contributed by atoms with Crippen molar-refractivity contribution in [3.63, 3.8) is 0 Å². The molecule has 0 unspecified atom stereocenters. The van der Waals surface area contributed by atoms with E-state index in [9.17, 15) is 14.5 Å². The first-order valence-electron chi connectivity index (χ1n) is 6.15. The van der Waals surface area contributed by atoms with Crippen molar-refractivity contribution in [2.45, 2.75) is 13.3 Å². The maximum atomic E-state index is 12.7. The van der Waals surface area contributed by atoms with E-state index in [4.69, 9.17) is 0 Å². The van der Waals surface area contributed by atoms with E-state index < -0.39 is 4.92 Å². The summed E-state index contributed by atoms with van der Waals surface area (Å²) in [6, 6.07) is 7.65. The number of hydrogen-bond donors (Lipinski definition) is 1. The summed E-state index contributed by atoms with van der Waals surface area (Å²) >= 11 is 0. The lowest BCUT2D eigenvalue weighted by molar-refractivity contribution is -0.385. The van der Waals surface area contributed by atoms with Crippen molar-refractivity contribution >= 4 is 11.5 Å². The topological polar surface area (TPSA) is 68.1 Å².